The van der Waals surface area contributed by atoms with Crippen molar-refractivity contribution in [3.63, 3.8) is 0 Å². The highest BCUT2D eigenvalue weighted by atomic mass is 35.5. The fraction of sp³-hybridized carbons (Fsp3) is 0.0714. The van der Waals surface area contributed by atoms with Crippen molar-refractivity contribution >= 4 is 22.4 Å². The van der Waals surface area contributed by atoms with Crippen LogP contribution in [0, 0.1) is 0 Å². The van der Waals surface area contributed by atoms with Gasteiger partial charge in [0.2, 0.25) is 0 Å². The van der Waals surface area contributed by atoms with Gasteiger partial charge >= 0.3 is 0 Å². The summed E-state index contributed by atoms with van der Waals surface area (Å²) in [5.41, 5.74) is 1.93. The van der Waals surface area contributed by atoms with E-state index < -0.39 is 0 Å². The zero-order chi connectivity index (χ0) is 11.7. The molecule has 0 N–H and O–H groups in total. The lowest BCUT2D eigenvalue weighted by molar-refractivity contribution is 0.432. The van der Waals surface area contributed by atoms with Gasteiger partial charge in [0, 0.05) is 11.1 Å². The zero-order valence-corrected chi connectivity index (χ0v) is 9.82. The first-order chi connectivity index (χ1) is 8.38. The summed E-state index contributed by atoms with van der Waals surface area (Å²) in [6.07, 6.45) is 1.66. The van der Waals surface area contributed by atoms with Crippen LogP contribution in [0.4, 0.5) is 0 Å². The smallest absolute Gasteiger partial charge is 0.171 e. The maximum atomic E-state index is 5.84. The van der Waals surface area contributed by atoms with E-state index in [9.17, 15) is 0 Å². The summed E-state index contributed by atoms with van der Waals surface area (Å²) in [7, 11) is 0. The van der Waals surface area contributed by atoms with E-state index in [0.29, 0.717) is 5.88 Å². The predicted molar refractivity (Wildman–Crippen MR) is 69.0 cm³/mol. The van der Waals surface area contributed by atoms with Gasteiger partial charge in [0.25, 0.3) is 0 Å². The molecule has 1 aromatic heterocycles. The Hall–Kier alpha value is -1.80. The summed E-state index contributed by atoms with van der Waals surface area (Å²) in [5, 5.41) is 6.18. The van der Waals surface area contributed by atoms with Gasteiger partial charge in [-0.25, -0.2) is 0 Å². The molecule has 0 amide bonds. The standard InChI is InChI=1S/C14H10ClNO/c15-8-13-9-16-17-14(13)12-6-5-10-3-1-2-4-11(10)7-12/h1-7,9H,8H2. The van der Waals surface area contributed by atoms with E-state index in [1.54, 1.807) is 6.20 Å². The molecule has 17 heavy (non-hydrogen) atoms. The van der Waals surface area contributed by atoms with Crippen LogP contribution >= 0.6 is 11.6 Å². The fourth-order valence-electron chi connectivity index (χ4n) is 1.92. The molecule has 0 fully saturated rings. The molecule has 0 aliphatic rings. The van der Waals surface area contributed by atoms with E-state index in [1.165, 1.54) is 10.8 Å². The van der Waals surface area contributed by atoms with Crippen molar-refractivity contribution in [3.8, 4) is 11.3 Å². The molecule has 0 unspecified atom stereocenters. The number of halogens is 1. The molecule has 0 aliphatic heterocycles. The zero-order valence-electron chi connectivity index (χ0n) is 9.06. The maximum absolute atomic E-state index is 5.84. The van der Waals surface area contributed by atoms with Gasteiger partial charge in [0.05, 0.1) is 12.1 Å². The summed E-state index contributed by atoms with van der Waals surface area (Å²) in [6.45, 7) is 0. The topological polar surface area (TPSA) is 26.0 Å². The van der Waals surface area contributed by atoms with E-state index >= 15 is 0 Å². The second-order valence-electron chi connectivity index (χ2n) is 3.88. The Balaban J connectivity index is 2.18. The first-order valence-electron chi connectivity index (χ1n) is 5.37. The summed E-state index contributed by atoms with van der Waals surface area (Å²) in [5.74, 6) is 1.16. The lowest BCUT2D eigenvalue weighted by Gasteiger charge is -2.01. The molecule has 0 radical (unpaired) electrons. The molecule has 0 saturated carbocycles. The van der Waals surface area contributed by atoms with Gasteiger partial charge in [0.1, 0.15) is 0 Å². The normalized spacial score (nSPS) is 10.9. The number of rotatable bonds is 2. The van der Waals surface area contributed by atoms with E-state index in [1.807, 2.05) is 18.2 Å². The minimum absolute atomic E-state index is 0.408. The number of nitrogens with zero attached hydrogens (tertiary/aromatic N) is 1. The minimum Gasteiger partial charge on any atom is -0.356 e. The van der Waals surface area contributed by atoms with E-state index in [2.05, 4.69) is 29.4 Å². The highest BCUT2D eigenvalue weighted by Crippen LogP contribution is 2.27. The van der Waals surface area contributed by atoms with Crippen molar-refractivity contribution < 1.29 is 4.52 Å². The Kier molecular flexibility index (Phi) is 2.57. The average Bonchev–Trinajstić information content (AvgIpc) is 2.86. The van der Waals surface area contributed by atoms with Crippen LogP contribution in [0.2, 0.25) is 0 Å². The predicted octanol–water partition coefficient (Wildman–Crippen LogP) is 4.23. The highest BCUT2D eigenvalue weighted by Gasteiger charge is 2.09. The Labute approximate surface area is 104 Å². The van der Waals surface area contributed by atoms with Gasteiger partial charge in [-0.2, -0.15) is 0 Å². The van der Waals surface area contributed by atoms with Crippen molar-refractivity contribution in [2.24, 2.45) is 0 Å². The molecule has 0 spiro atoms. The quantitative estimate of drug-likeness (QED) is 0.630. The molecular weight excluding hydrogens is 234 g/mol. The minimum atomic E-state index is 0.408. The number of aromatic nitrogens is 1. The van der Waals surface area contributed by atoms with Crippen LogP contribution in [0.25, 0.3) is 22.1 Å². The fourth-order valence-corrected chi connectivity index (χ4v) is 2.11. The highest BCUT2D eigenvalue weighted by molar-refractivity contribution is 6.17. The Morgan fingerprint density at radius 1 is 1.06 bits per heavy atom. The number of hydrogen-bond acceptors (Lipinski definition) is 2. The second kappa shape index (κ2) is 4.22. The molecule has 3 rings (SSSR count). The van der Waals surface area contributed by atoms with Gasteiger partial charge in [-0.15, -0.1) is 11.6 Å². The van der Waals surface area contributed by atoms with Gasteiger partial charge in [-0.3, -0.25) is 0 Å². The number of alkyl halides is 1. The maximum Gasteiger partial charge on any atom is 0.171 e. The van der Waals surface area contributed by atoms with Crippen molar-refractivity contribution in [1.29, 1.82) is 0 Å². The number of benzene rings is 2. The van der Waals surface area contributed by atoms with Gasteiger partial charge in [-0.1, -0.05) is 41.6 Å². The first kappa shape index (κ1) is 10.4. The molecule has 0 bridgehead atoms. The SMILES string of the molecule is ClCc1cnoc1-c1ccc2ccccc2c1. The molecule has 1 heterocycles. The van der Waals surface area contributed by atoms with Crippen LogP contribution < -0.4 is 0 Å². The van der Waals surface area contributed by atoms with Crippen LogP contribution in [0.15, 0.2) is 53.2 Å². The Morgan fingerprint density at radius 2 is 1.88 bits per heavy atom. The number of fused-ring (bicyclic) bond motifs is 1. The molecule has 3 aromatic rings. The third kappa shape index (κ3) is 1.81. The molecule has 84 valence electrons. The molecule has 0 saturated heterocycles. The molecule has 2 aromatic carbocycles. The Morgan fingerprint density at radius 3 is 2.71 bits per heavy atom. The molecule has 3 heteroatoms. The summed E-state index contributed by atoms with van der Waals surface area (Å²) in [4.78, 5) is 0. The Bertz CT molecular complexity index is 660. The molecular formula is C14H10ClNO. The van der Waals surface area contributed by atoms with Crippen molar-refractivity contribution in [3.05, 3.63) is 54.2 Å². The van der Waals surface area contributed by atoms with E-state index in [0.717, 1.165) is 16.9 Å². The lowest BCUT2D eigenvalue weighted by Crippen LogP contribution is -1.81. The summed E-state index contributed by atoms with van der Waals surface area (Å²) < 4.78 is 5.26. The molecule has 2 nitrogen and oxygen atoms in total. The third-order valence-electron chi connectivity index (χ3n) is 2.80. The molecule has 0 aliphatic carbocycles. The first-order valence-corrected chi connectivity index (χ1v) is 5.90. The lowest BCUT2D eigenvalue weighted by atomic mass is 10.0. The number of hydrogen-bond donors (Lipinski definition) is 0. The van der Waals surface area contributed by atoms with E-state index in [-0.39, 0.29) is 0 Å². The van der Waals surface area contributed by atoms with Gasteiger partial charge < -0.3 is 4.52 Å². The van der Waals surface area contributed by atoms with E-state index in [4.69, 9.17) is 16.1 Å². The third-order valence-corrected chi connectivity index (χ3v) is 3.09. The van der Waals surface area contributed by atoms with Crippen LogP contribution in [-0.2, 0) is 5.88 Å². The monoisotopic (exact) mass is 243 g/mol. The van der Waals surface area contributed by atoms with Crippen LogP contribution in [-0.4, -0.2) is 5.16 Å². The van der Waals surface area contributed by atoms with Crippen molar-refractivity contribution in [2.75, 3.05) is 0 Å². The van der Waals surface area contributed by atoms with Crippen molar-refractivity contribution in [1.82, 2.24) is 5.16 Å². The van der Waals surface area contributed by atoms with Crippen LogP contribution in [0.5, 0.6) is 0 Å². The summed E-state index contributed by atoms with van der Waals surface area (Å²) in [6, 6.07) is 14.4. The summed E-state index contributed by atoms with van der Waals surface area (Å²) >= 11 is 5.84. The second-order valence-corrected chi connectivity index (χ2v) is 4.14. The van der Waals surface area contributed by atoms with Crippen LogP contribution in [0.3, 0.4) is 0 Å². The van der Waals surface area contributed by atoms with Gasteiger partial charge in [0.15, 0.2) is 5.76 Å². The molecule has 0 atom stereocenters. The van der Waals surface area contributed by atoms with Crippen molar-refractivity contribution in [2.45, 2.75) is 5.88 Å². The van der Waals surface area contributed by atoms with Crippen LogP contribution in [0.1, 0.15) is 5.56 Å². The largest absolute Gasteiger partial charge is 0.356 e. The van der Waals surface area contributed by atoms with Gasteiger partial charge in [-0.05, 0) is 16.8 Å². The average molecular weight is 244 g/mol.